The van der Waals surface area contributed by atoms with Crippen molar-refractivity contribution in [2.24, 2.45) is 10.8 Å². The van der Waals surface area contributed by atoms with Crippen LogP contribution in [0.2, 0.25) is 0 Å². The summed E-state index contributed by atoms with van der Waals surface area (Å²) in [5, 5.41) is 0. The van der Waals surface area contributed by atoms with Crippen LogP contribution in [0.5, 0.6) is 5.75 Å². The molecule has 0 atom stereocenters. The molecule has 0 saturated carbocycles. The molecule has 0 aromatic heterocycles. The highest BCUT2D eigenvalue weighted by molar-refractivity contribution is 5.77. The predicted molar refractivity (Wildman–Crippen MR) is 202 cm³/mol. The predicted octanol–water partition coefficient (Wildman–Crippen LogP) is 10.0. The van der Waals surface area contributed by atoms with Crippen molar-refractivity contribution in [2.45, 2.75) is 45.9 Å². The lowest BCUT2D eigenvalue weighted by molar-refractivity contribution is -0.326. The maximum Gasteiger partial charge on any atom is 0.183 e. The van der Waals surface area contributed by atoms with Crippen LogP contribution in [0.4, 0.5) is 0 Å². The van der Waals surface area contributed by atoms with Gasteiger partial charge in [-0.25, -0.2) is 9.78 Å². The molecule has 0 bridgehead atoms. The van der Waals surface area contributed by atoms with Gasteiger partial charge in [-0.1, -0.05) is 125 Å². The van der Waals surface area contributed by atoms with Gasteiger partial charge in [-0.2, -0.15) is 0 Å². The van der Waals surface area contributed by atoms with Gasteiger partial charge < -0.3 is 23.7 Å². The van der Waals surface area contributed by atoms with E-state index in [2.05, 4.69) is 88.4 Å². The first-order valence-corrected chi connectivity index (χ1v) is 17.8. The zero-order valence-corrected chi connectivity index (χ0v) is 30.9. The topological polar surface area (TPSA) is 64.6 Å². The van der Waals surface area contributed by atoms with Gasteiger partial charge in [-0.3, -0.25) is 0 Å². The van der Waals surface area contributed by atoms with Gasteiger partial charge in [0.15, 0.2) is 18.2 Å². The number of methoxy groups -OCH3 is 1. The molecule has 5 aromatic carbocycles. The molecule has 5 aromatic rings. The summed E-state index contributed by atoms with van der Waals surface area (Å²) in [5.74, 6) is 0.724. The summed E-state index contributed by atoms with van der Waals surface area (Å²) < 4.78 is 31.1. The fraction of sp³-hybridized carbons (Fsp3) is 0.333. The zero-order valence-electron chi connectivity index (χ0n) is 30.9. The minimum Gasteiger partial charge on any atom is -0.497 e. The summed E-state index contributed by atoms with van der Waals surface area (Å²) >= 11 is 0. The van der Waals surface area contributed by atoms with Crippen LogP contribution in [0.15, 0.2) is 121 Å². The third-order valence-corrected chi connectivity index (χ3v) is 9.77. The molecule has 0 radical (unpaired) electrons. The van der Waals surface area contributed by atoms with E-state index in [9.17, 15) is 0 Å². The molecule has 0 aliphatic carbocycles. The molecule has 0 unspecified atom stereocenters. The van der Waals surface area contributed by atoms with E-state index in [0.29, 0.717) is 26.4 Å². The quantitative estimate of drug-likeness (QED) is 0.0816. The normalized spacial score (nSPS) is 17.9. The molecule has 2 heterocycles. The second kappa shape index (κ2) is 15.0. The third-order valence-electron chi connectivity index (χ3n) is 9.77. The Morgan fingerprint density at radius 3 is 1.35 bits per heavy atom. The van der Waals surface area contributed by atoms with Crippen LogP contribution in [0.1, 0.15) is 68.1 Å². The molecule has 2 aliphatic rings. The Morgan fingerprint density at radius 1 is 0.538 bits per heavy atom. The average Bonchev–Trinajstić information content (AvgIpc) is 3.17. The van der Waals surface area contributed by atoms with Gasteiger partial charge in [-0.15, -0.1) is 0 Å². The van der Waals surface area contributed by atoms with Gasteiger partial charge in [0.25, 0.3) is 0 Å². The molecule has 2 aliphatic heterocycles. The maximum absolute atomic E-state index is 6.83. The van der Waals surface area contributed by atoms with Gasteiger partial charge in [0.1, 0.15) is 5.75 Å². The SMILES string of the molecule is COOC(c1ccc(OC)cc1)(c1cc(C2OCC(C)(C)CO2)ccc1-c1ccccc1)c1cc(C2OCC(C)(C)CO2)ccc1-c1ccccc1. The van der Waals surface area contributed by atoms with E-state index in [1.807, 2.05) is 60.7 Å². The molecule has 2 saturated heterocycles. The molecule has 0 N–H and O–H groups in total. The molecule has 270 valence electrons. The van der Waals surface area contributed by atoms with E-state index in [4.69, 9.17) is 33.5 Å². The van der Waals surface area contributed by atoms with Crippen molar-refractivity contribution in [2.75, 3.05) is 40.6 Å². The second-order valence-corrected chi connectivity index (χ2v) is 15.2. The van der Waals surface area contributed by atoms with E-state index in [0.717, 1.165) is 55.8 Å². The average molecular weight is 701 g/mol. The van der Waals surface area contributed by atoms with Crippen LogP contribution in [0.3, 0.4) is 0 Å². The van der Waals surface area contributed by atoms with Crippen LogP contribution in [-0.2, 0) is 34.3 Å². The molecule has 7 nitrogen and oxygen atoms in total. The van der Waals surface area contributed by atoms with Crippen LogP contribution >= 0.6 is 0 Å². The Labute approximate surface area is 307 Å². The molecule has 2 fully saturated rings. The van der Waals surface area contributed by atoms with E-state index in [1.165, 1.54) is 0 Å². The van der Waals surface area contributed by atoms with Crippen molar-refractivity contribution in [3.63, 3.8) is 0 Å². The van der Waals surface area contributed by atoms with E-state index >= 15 is 0 Å². The summed E-state index contributed by atoms with van der Waals surface area (Å²) in [4.78, 5) is 12.7. The highest BCUT2D eigenvalue weighted by atomic mass is 17.2. The van der Waals surface area contributed by atoms with E-state index < -0.39 is 18.2 Å². The highest BCUT2D eigenvalue weighted by Gasteiger charge is 2.45. The molecule has 0 spiro atoms. The molecular weight excluding hydrogens is 652 g/mol. The first-order chi connectivity index (χ1) is 25.1. The van der Waals surface area contributed by atoms with Crippen LogP contribution in [0, 0.1) is 10.8 Å². The Morgan fingerprint density at radius 2 is 0.962 bits per heavy atom. The smallest absolute Gasteiger partial charge is 0.183 e. The standard InChI is InChI=1S/C45H48O7/c1-43(2)27-48-41(49-28-43)33-17-23-37(31-13-9-7-10-14-31)39(25-33)45(52-47-6,35-19-21-36(46-5)22-20-35)40-26-34(42-50-29-44(3,4)30-51-42)18-24-38(40)32-15-11-8-12-16-32/h7-26,41-42H,27-30H2,1-6H3. The summed E-state index contributed by atoms with van der Waals surface area (Å²) in [6.07, 6.45) is -1.11. The zero-order chi connectivity index (χ0) is 36.3. The van der Waals surface area contributed by atoms with Gasteiger partial charge in [0.2, 0.25) is 0 Å². The number of rotatable bonds is 10. The number of hydrogen-bond acceptors (Lipinski definition) is 7. The van der Waals surface area contributed by atoms with Crippen LogP contribution < -0.4 is 4.74 Å². The van der Waals surface area contributed by atoms with Crippen LogP contribution in [-0.4, -0.2) is 40.6 Å². The maximum atomic E-state index is 6.83. The van der Waals surface area contributed by atoms with Crippen molar-refractivity contribution in [3.8, 4) is 28.0 Å². The number of benzene rings is 5. The van der Waals surface area contributed by atoms with E-state index in [-0.39, 0.29) is 10.8 Å². The summed E-state index contributed by atoms with van der Waals surface area (Å²) in [6, 6.07) is 41.4. The number of hydrogen-bond donors (Lipinski definition) is 0. The molecular formula is C45H48O7. The lowest BCUT2D eigenvalue weighted by atomic mass is 9.73. The lowest BCUT2D eigenvalue weighted by Crippen LogP contribution is -2.36. The highest BCUT2D eigenvalue weighted by Crippen LogP contribution is 2.50. The van der Waals surface area contributed by atoms with Crippen LogP contribution in [0.25, 0.3) is 22.3 Å². The molecule has 7 rings (SSSR count). The van der Waals surface area contributed by atoms with Crippen molar-refractivity contribution >= 4 is 0 Å². The van der Waals surface area contributed by atoms with Crippen molar-refractivity contribution in [1.29, 1.82) is 0 Å². The minimum absolute atomic E-state index is 0.0845. The van der Waals surface area contributed by atoms with Gasteiger partial charge in [-0.05, 0) is 52.1 Å². The second-order valence-electron chi connectivity index (χ2n) is 15.2. The largest absolute Gasteiger partial charge is 0.497 e. The first-order valence-electron chi connectivity index (χ1n) is 17.8. The number of ether oxygens (including phenoxy) is 5. The summed E-state index contributed by atoms with van der Waals surface area (Å²) in [6.45, 7) is 10.9. The van der Waals surface area contributed by atoms with E-state index in [1.54, 1.807) is 14.2 Å². The molecule has 0 amide bonds. The fourth-order valence-electron chi connectivity index (χ4n) is 7.05. The Kier molecular flexibility index (Phi) is 10.4. The summed E-state index contributed by atoms with van der Waals surface area (Å²) in [7, 11) is 3.22. The molecule has 52 heavy (non-hydrogen) atoms. The lowest BCUT2D eigenvalue weighted by Gasteiger charge is -2.39. The third kappa shape index (κ3) is 7.30. The Hall–Kier alpha value is -4.34. The van der Waals surface area contributed by atoms with Crippen molar-refractivity contribution < 1.29 is 33.5 Å². The van der Waals surface area contributed by atoms with Gasteiger partial charge in [0, 0.05) is 33.1 Å². The summed E-state index contributed by atoms with van der Waals surface area (Å²) in [5.41, 5.74) is 6.73. The fourth-order valence-corrected chi connectivity index (χ4v) is 7.05. The monoisotopic (exact) mass is 700 g/mol. The molecule has 7 heteroatoms. The Balaban J connectivity index is 1.54. The first kappa shape index (κ1) is 36.0. The van der Waals surface area contributed by atoms with Crippen molar-refractivity contribution in [3.05, 3.63) is 149 Å². The van der Waals surface area contributed by atoms with Crippen molar-refractivity contribution in [1.82, 2.24) is 0 Å². The van der Waals surface area contributed by atoms with Gasteiger partial charge >= 0.3 is 0 Å². The minimum atomic E-state index is -1.34. The Bertz CT molecular complexity index is 1820. The van der Waals surface area contributed by atoms with Gasteiger partial charge in [0.05, 0.1) is 40.6 Å².